The van der Waals surface area contributed by atoms with Crippen LogP contribution in [0.3, 0.4) is 0 Å². The minimum Gasteiger partial charge on any atom is -0.494 e. The molecular formula is C31H27BrN2O5. The van der Waals surface area contributed by atoms with Crippen molar-refractivity contribution in [1.82, 2.24) is 5.43 Å². The third-order valence-corrected chi connectivity index (χ3v) is 5.97. The molecule has 8 heteroatoms. The second-order valence-corrected chi connectivity index (χ2v) is 9.33. The van der Waals surface area contributed by atoms with Gasteiger partial charge in [-0.25, -0.2) is 10.2 Å². The van der Waals surface area contributed by atoms with E-state index in [0.717, 1.165) is 16.5 Å². The molecule has 0 bridgehead atoms. The Kier molecular flexibility index (Phi) is 9.85. The number of esters is 1. The molecule has 0 spiro atoms. The molecule has 0 aliphatic heterocycles. The molecular weight excluding hydrogens is 560 g/mol. The Hall–Kier alpha value is -4.43. The van der Waals surface area contributed by atoms with Gasteiger partial charge in [-0.2, -0.15) is 5.10 Å². The molecule has 1 amide bonds. The van der Waals surface area contributed by atoms with Gasteiger partial charge in [0.2, 0.25) is 0 Å². The van der Waals surface area contributed by atoms with E-state index in [1.807, 2.05) is 37.3 Å². The van der Waals surface area contributed by atoms with Crippen molar-refractivity contribution >= 4 is 34.0 Å². The fourth-order valence-corrected chi connectivity index (χ4v) is 3.89. The molecule has 4 rings (SSSR count). The van der Waals surface area contributed by atoms with E-state index in [9.17, 15) is 9.59 Å². The first-order valence-corrected chi connectivity index (χ1v) is 13.2. The summed E-state index contributed by atoms with van der Waals surface area (Å²) in [6.07, 6.45) is 2.31. The van der Waals surface area contributed by atoms with Crippen molar-refractivity contribution in [3.63, 3.8) is 0 Å². The number of nitrogens with one attached hydrogen (secondary N) is 1. The Labute approximate surface area is 235 Å². The highest BCUT2D eigenvalue weighted by atomic mass is 79.9. The zero-order valence-electron chi connectivity index (χ0n) is 21.3. The molecule has 0 saturated heterocycles. The molecule has 39 heavy (non-hydrogen) atoms. The summed E-state index contributed by atoms with van der Waals surface area (Å²) in [5.41, 5.74) is 4.73. The second-order valence-electron chi connectivity index (χ2n) is 8.41. The van der Waals surface area contributed by atoms with Gasteiger partial charge in [0, 0.05) is 10.0 Å². The maximum absolute atomic E-state index is 12.9. The normalized spacial score (nSPS) is 10.7. The van der Waals surface area contributed by atoms with Gasteiger partial charge in [0.25, 0.3) is 5.91 Å². The van der Waals surface area contributed by atoms with Crippen LogP contribution in [0.15, 0.2) is 107 Å². The Morgan fingerprint density at radius 2 is 1.62 bits per heavy atom. The molecule has 0 aliphatic carbocycles. The molecule has 0 radical (unpaired) electrons. The van der Waals surface area contributed by atoms with Gasteiger partial charge in [-0.1, -0.05) is 65.3 Å². The van der Waals surface area contributed by atoms with E-state index in [2.05, 4.69) is 26.5 Å². The number of hydrogen-bond acceptors (Lipinski definition) is 6. The van der Waals surface area contributed by atoms with E-state index < -0.39 is 11.9 Å². The van der Waals surface area contributed by atoms with Crippen LogP contribution in [0.1, 0.15) is 45.2 Å². The van der Waals surface area contributed by atoms with Crippen LogP contribution >= 0.6 is 15.9 Å². The topological polar surface area (TPSA) is 86.2 Å². The Morgan fingerprint density at radius 1 is 0.872 bits per heavy atom. The third kappa shape index (κ3) is 8.02. The van der Waals surface area contributed by atoms with Crippen LogP contribution in [0.25, 0.3) is 0 Å². The Morgan fingerprint density at radius 3 is 2.38 bits per heavy atom. The molecule has 0 atom stereocenters. The van der Waals surface area contributed by atoms with Crippen molar-refractivity contribution in [3.05, 3.63) is 124 Å². The monoisotopic (exact) mass is 586 g/mol. The lowest BCUT2D eigenvalue weighted by Gasteiger charge is -2.11. The summed E-state index contributed by atoms with van der Waals surface area (Å²) in [5.74, 6) is 0.459. The molecule has 4 aromatic carbocycles. The Bertz CT molecular complexity index is 1440. The van der Waals surface area contributed by atoms with Crippen LogP contribution in [0.4, 0.5) is 0 Å². The predicted molar refractivity (Wildman–Crippen MR) is 154 cm³/mol. The van der Waals surface area contributed by atoms with E-state index >= 15 is 0 Å². The van der Waals surface area contributed by atoms with E-state index in [0.29, 0.717) is 47.2 Å². The standard InChI is InChI=1S/C31H27BrN2O5/c1-2-18-37-26-15-12-23(13-16-26)31(36)39-28-17-14-25(32)19-24(28)20-33-34-30(35)27-10-6-7-11-29(27)38-21-22-8-4-3-5-9-22/h3-17,19-20H,2,18,21H2,1H3,(H,34,35). The number of carbonyl (C=O) groups is 2. The van der Waals surface area contributed by atoms with Gasteiger partial charge in [0.1, 0.15) is 23.9 Å². The zero-order chi connectivity index (χ0) is 27.5. The molecule has 0 aromatic heterocycles. The first kappa shape index (κ1) is 27.6. The predicted octanol–water partition coefficient (Wildman–Crippen LogP) is 6.80. The van der Waals surface area contributed by atoms with Crippen LogP contribution < -0.4 is 19.6 Å². The number of hydrogen-bond donors (Lipinski definition) is 1. The van der Waals surface area contributed by atoms with E-state index in [-0.39, 0.29) is 0 Å². The number of benzene rings is 4. The molecule has 0 saturated carbocycles. The van der Waals surface area contributed by atoms with Crippen LogP contribution in [0.5, 0.6) is 17.2 Å². The van der Waals surface area contributed by atoms with E-state index in [1.54, 1.807) is 66.7 Å². The van der Waals surface area contributed by atoms with Gasteiger partial charge in [-0.05, 0) is 66.6 Å². The number of hydrazone groups is 1. The van der Waals surface area contributed by atoms with Crippen molar-refractivity contribution in [2.24, 2.45) is 5.10 Å². The van der Waals surface area contributed by atoms with Crippen molar-refractivity contribution in [2.75, 3.05) is 6.61 Å². The lowest BCUT2D eigenvalue weighted by molar-refractivity contribution is 0.0734. The van der Waals surface area contributed by atoms with Crippen molar-refractivity contribution in [1.29, 1.82) is 0 Å². The van der Waals surface area contributed by atoms with Crippen LogP contribution in [0, 0.1) is 0 Å². The van der Waals surface area contributed by atoms with E-state index in [4.69, 9.17) is 14.2 Å². The van der Waals surface area contributed by atoms with Crippen molar-refractivity contribution < 1.29 is 23.8 Å². The number of halogens is 1. The van der Waals surface area contributed by atoms with Crippen LogP contribution in [-0.2, 0) is 6.61 Å². The minimum absolute atomic E-state index is 0.291. The van der Waals surface area contributed by atoms with Crippen LogP contribution in [-0.4, -0.2) is 24.7 Å². The SMILES string of the molecule is CCCOc1ccc(C(=O)Oc2ccc(Br)cc2C=NNC(=O)c2ccccc2OCc2ccccc2)cc1. The summed E-state index contributed by atoms with van der Waals surface area (Å²) in [7, 11) is 0. The smallest absolute Gasteiger partial charge is 0.343 e. The summed E-state index contributed by atoms with van der Waals surface area (Å²) < 4.78 is 17.8. The average molecular weight is 587 g/mol. The van der Waals surface area contributed by atoms with Crippen LogP contribution in [0.2, 0.25) is 0 Å². The summed E-state index contributed by atoms with van der Waals surface area (Å²) in [5, 5.41) is 4.09. The molecule has 0 fully saturated rings. The highest BCUT2D eigenvalue weighted by Crippen LogP contribution is 2.24. The van der Waals surface area contributed by atoms with Gasteiger partial charge in [-0.15, -0.1) is 0 Å². The average Bonchev–Trinajstić information content (AvgIpc) is 2.97. The number of ether oxygens (including phenoxy) is 3. The fraction of sp³-hybridized carbons (Fsp3) is 0.129. The molecule has 4 aromatic rings. The molecule has 7 nitrogen and oxygen atoms in total. The summed E-state index contributed by atoms with van der Waals surface area (Å²) >= 11 is 3.42. The lowest BCUT2D eigenvalue weighted by Crippen LogP contribution is -2.19. The van der Waals surface area contributed by atoms with Crippen molar-refractivity contribution in [3.8, 4) is 17.2 Å². The summed E-state index contributed by atoms with van der Waals surface area (Å²) in [6.45, 7) is 2.96. The molecule has 0 heterocycles. The highest BCUT2D eigenvalue weighted by Gasteiger charge is 2.14. The zero-order valence-corrected chi connectivity index (χ0v) is 22.9. The van der Waals surface area contributed by atoms with Crippen molar-refractivity contribution in [2.45, 2.75) is 20.0 Å². The summed E-state index contributed by atoms with van der Waals surface area (Å²) in [4.78, 5) is 25.6. The molecule has 0 unspecified atom stereocenters. The largest absolute Gasteiger partial charge is 0.494 e. The number of para-hydroxylation sites is 1. The lowest BCUT2D eigenvalue weighted by atomic mass is 10.2. The van der Waals surface area contributed by atoms with Gasteiger partial charge >= 0.3 is 5.97 Å². The quantitative estimate of drug-likeness (QED) is 0.0903. The Balaban J connectivity index is 1.42. The number of nitrogens with zero attached hydrogens (tertiary/aromatic N) is 1. The molecule has 198 valence electrons. The third-order valence-electron chi connectivity index (χ3n) is 5.48. The molecule has 0 aliphatic rings. The minimum atomic E-state index is -0.525. The maximum atomic E-state index is 12.9. The van der Waals surface area contributed by atoms with Gasteiger partial charge in [0.15, 0.2) is 0 Å². The van der Waals surface area contributed by atoms with Gasteiger partial charge in [0.05, 0.1) is 23.9 Å². The number of amides is 1. The first-order valence-electron chi connectivity index (χ1n) is 12.4. The molecule has 1 N–H and O–H groups in total. The van der Waals surface area contributed by atoms with Gasteiger partial charge < -0.3 is 14.2 Å². The van der Waals surface area contributed by atoms with E-state index in [1.165, 1.54) is 6.21 Å². The maximum Gasteiger partial charge on any atom is 0.343 e. The summed E-state index contributed by atoms with van der Waals surface area (Å²) in [6, 6.07) is 28.5. The second kappa shape index (κ2) is 13.9. The van der Waals surface area contributed by atoms with Gasteiger partial charge in [-0.3, -0.25) is 4.79 Å². The fourth-order valence-electron chi connectivity index (χ4n) is 3.52. The number of rotatable bonds is 11. The highest BCUT2D eigenvalue weighted by molar-refractivity contribution is 9.10. The number of carbonyl (C=O) groups excluding carboxylic acids is 2. The first-order chi connectivity index (χ1) is 19.0.